The average Bonchev–Trinajstić information content (AvgIpc) is 2.38. The Balaban J connectivity index is 1.98. The molecule has 0 radical (unpaired) electrons. The highest BCUT2D eigenvalue weighted by atomic mass is 79.9. The summed E-state index contributed by atoms with van der Waals surface area (Å²) >= 11 is 3.39. The van der Waals surface area contributed by atoms with Crippen molar-refractivity contribution < 1.29 is 4.74 Å². The van der Waals surface area contributed by atoms with Gasteiger partial charge in [0.25, 0.3) is 0 Å². The Labute approximate surface area is 121 Å². The maximum absolute atomic E-state index is 5.57. The second-order valence-corrected chi connectivity index (χ2v) is 5.38. The standard InChI is InChI=1S/C14H16BrN3O/c1-10(2)16-7-11-8-17-14(18-9-11)19-13-5-3-4-12(15)6-13/h3-6,8-10,16H,7H2,1-2H3. The van der Waals surface area contributed by atoms with Crippen LogP contribution in [0, 0.1) is 0 Å². The highest BCUT2D eigenvalue weighted by molar-refractivity contribution is 9.10. The number of hydrogen-bond acceptors (Lipinski definition) is 4. The van der Waals surface area contributed by atoms with Crippen LogP contribution in [0.2, 0.25) is 0 Å². The van der Waals surface area contributed by atoms with Gasteiger partial charge in [0, 0.05) is 35.0 Å². The van der Waals surface area contributed by atoms with Gasteiger partial charge < -0.3 is 10.1 Å². The molecule has 100 valence electrons. The van der Waals surface area contributed by atoms with Crippen LogP contribution in [0.5, 0.6) is 11.8 Å². The summed E-state index contributed by atoms with van der Waals surface area (Å²) in [5.74, 6) is 0.711. The second kappa shape index (κ2) is 6.63. The molecule has 1 N–H and O–H groups in total. The number of benzene rings is 1. The molecular weight excluding hydrogens is 306 g/mol. The van der Waals surface area contributed by atoms with E-state index in [1.165, 1.54) is 0 Å². The van der Waals surface area contributed by atoms with Crippen LogP contribution in [-0.2, 0) is 6.54 Å². The lowest BCUT2D eigenvalue weighted by molar-refractivity contribution is 0.440. The van der Waals surface area contributed by atoms with E-state index in [1.807, 2.05) is 24.3 Å². The summed E-state index contributed by atoms with van der Waals surface area (Å²) in [7, 11) is 0. The lowest BCUT2D eigenvalue weighted by atomic mass is 10.3. The van der Waals surface area contributed by atoms with E-state index in [4.69, 9.17) is 4.74 Å². The van der Waals surface area contributed by atoms with Gasteiger partial charge in [0.1, 0.15) is 5.75 Å². The van der Waals surface area contributed by atoms with E-state index >= 15 is 0 Å². The molecule has 2 rings (SSSR count). The van der Waals surface area contributed by atoms with E-state index in [0.29, 0.717) is 17.8 Å². The molecule has 0 spiro atoms. The van der Waals surface area contributed by atoms with Crippen molar-refractivity contribution in [3.05, 3.63) is 46.7 Å². The fourth-order valence-electron chi connectivity index (χ4n) is 1.44. The monoisotopic (exact) mass is 321 g/mol. The van der Waals surface area contributed by atoms with Crippen LogP contribution in [0.4, 0.5) is 0 Å². The first kappa shape index (κ1) is 14.0. The molecule has 0 bridgehead atoms. The molecule has 0 fully saturated rings. The maximum atomic E-state index is 5.57. The van der Waals surface area contributed by atoms with Crippen LogP contribution in [0.25, 0.3) is 0 Å². The first-order chi connectivity index (χ1) is 9.13. The third-order valence-corrected chi connectivity index (χ3v) is 2.89. The van der Waals surface area contributed by atoms with Gasteiger partial charge in [0.15, 0.2) is 0 Å². The molecule has 0 atom stereocenters. The molecular formula is C14H16BrN3O. The van der Waals surface area contributed by atoms with Crippen molar-refractivity contribution in [1.82, 2.24) is 15.3 Å². The molecule has 2 aromatic rings. The van der Waals surface area contributed by atoms with Gasteiger partial charge in [0.05, 0.1) is 0 Å². The van der Waals surface area contributed by atoms with Gasteiger partial charge in [-0.05, 0) is 18.2 Å². The summed E-state index contributed by atoms with van der Waals surface area (Å²) in [5.41, 5.74) is 1.04. The summed E-state index contributed by atoms with van der Waals surface area (Å²) < 4.78 is 6.53. The third kappa shape index (κ3) is 4.61. The van der Waals surface area contributed by atoms with E-state index < -0.39 is 0 Å². The van der Waals surface area contributed by atoms with Gasteiger partial charge in [-0.2, -0.15) is 0 Å². The number of halogens is 1. The maximum Gasteiger partial charge on any atom is 0.321 e. The molecule has 0 aliphatic heterocycles. The quantitative estimate of drug-likeness (QED) is 0.915. The minimum atomic E-state index is 0.353. The largest absolute Gasteiger partial charge is 0.424 e. The van der Waals surface area contributed by atoms with E-state index in [1.54, 1.807) is 12.4 Å². The topological polar surface area (TPSA) is 47.0 Å². The number of ether oxygens (including phenoxy) is 1. The smallest absolute Gasteiger partial charge is 0.321 e. The minimum Gasteiger partial charge on any atom is -0.424 e. The molecule has 0 saturated heterocycles. The lowest BCUT2D eigenvalue weighted by Crippen LogP contribution is -2.21. The number of aromatic nitrogens is 2. The highest BCUT2D eigenvalue weighted by Gasteiger charge is 2.02. The molecule has 19 heavy (non-hydrogen) atoms. The normalized spacial score (nSPS) is 10.7. The Bertz CT molecular complexity index is 528. The van der Waals surface area contributed by atoms with E-state index in [0.717, 1.165) is 16.6 Å². The van der Waals surface area contributed by atoms with Crippen molar-refractivity contribution in [3.63, 3.8) is 0 Å². The Morgan fingerprint density at radius 1 is 1.26 bits per heavy atom. The van der Waals surface area contributed by atoms with Gasteiger partial charge in [-0.1, -0.05) is 35.8 Å². The minimum absolute atomic E-state index is 0.353. The zero-order chi connectivity index (χ0) is 13.7. The summed E-state index contributed by atoms with van der Waals surface area (Å²) in [5, 5.41) is 3.31. The molecule has 4 nitrogen and oxygen atoms in total. The second-order valence-electron chi connectivity index (χ2n) is 4.47. The van der Waals surface area contributed by atoms with Crippen LogP contribution >= 0.6 is 15.9 Å². The molecule has 0 aliphatic carbocycles. The van der Waals surface area contributed by atoms with Gasteiger partial charge in [-0.3, -0.25) is 0 Å². The Kier molecular flexibility index (Phi) is 4.87. The Hall–Kier alpha value is -1.46. The number of nitrogens with one attached hydrogen (secondary N) is 1. The number of hydrogen-bond donors (Lipinski definition) is 1. The molecule has 0 saturated carbocycles. The van der Waals surface area contributed by atoms with Gasteiger partial charge >= 0.3 is 6.01 Å². The summed E-state index contributed by atoms with van der Waals surface area (Å²) in [6.45, 7) is 4.96. The molecule has 1 aromatic heterocycles. The number of rotatable bonds is 5. The first-order valence-electron chi connectivity index (χ1n) is 6.11. The van der Waals surface area contributed by atoms with Crippen molar-refractivity contribution in [1.29, 1.82) is 0 Å². The Morgan fingerprint density at radius 3 is 2.63 bits per heavy atom. The van der Waals surface area contributed by atoms with Crippen LogP contribution in [0.15, 0.2) is 41.1 Å². The van der Waals surface area contributed by atoms with E-state index in [-0.39, 0.29) is 0 Å². The average molecular weight is 322 g/mol. The van der Waals surface area contributed by atoms with Gasteiger partial charge in [-0.15, -0.1) is 0 Å². The van der Waals surface area contributed by atoms with Crippen LogP contribution in [0.3, 0.4) is 0 Å². The zero-order valence-electron chi connectivity index (χ0n) is 10.9. The first-order valence-corrected chi connectivity index (χ1v) is 6.90. The molecule has 1 heterocycles. The van der Waals surface area contributed by atoms with E-state index in [9.17, 15) is 0 Å². The fraction of sp³-hybridized carbons (Fsp3) is 0.286. The van der Waals surface area contributed by atoms with Crippen LogP contribution < -0.4 is 10.1 Å². The van der Waals surface area contributed by atoms with Crippen molar-refractivity contribution in [2.45, 2.75) is 26.4 Å². The summed E-state index contributed by atoms with van der Waals surface area (Å²) in [4.78, 5) is 8.39. The molecule has 0 aliphatic rings. The van der Waals surface area contributed by atoms with Gasteiger partial charge in [0.2, 0.25) is 0 Å². The summed E-state index contributed by atoms with van der Waals surface area (Å²) in [6.07, 6.45) is 3.55. The molecule has 5 heteroatoms. The predicted octanol–water partition coefficient (Wildman–Crippen LogP) is 3.53. The molecule has 1 aromatic carbocycles. The molecule has 0 unspecified atom stereocenters. The van der Waals surface area contributed by atoms with Crippen LogP contribution in [0.1, 0.15) is 19.4 Å². The highest BCUT2D eigenvalue weighted by Crippen LogP contribution is 2.21. The Morgan fingerprint density at radius 2 is 2.00 bits per heavy atom. The van der Waals surface area contributed by atoms with Crippen LogP contribution in [-0.4, -0.2) is 16.0 Å². The van der Waals surface area contributed by atoms with Gasteiger partial charge in [-0.25, -0.2) is 9.97 Å². The lowest BCUT2D eigenvalue weighted by Gasteiger charge is -2.08. The molecule has 0 amide bonds. The number of nitrogens with zero attached hydrogens (tertiary/aromatic N) is 2. The predicted molar refractivity (Wildman–Crippen MR) is 78.2 cm³/mol. The third-order valence-electron chi connectivity index (χ3n) is 2.40. The zero-order valence-corrected chi connectivity index (χ0v) is 12.5. The fourth-order valence-corrected chi connectivity index (χ4v) is 1.82. The SMILES string of the molecule is CC(C)NCc1cnc(Oc2cccc(Br)c2)nc1. The van der Waals surface area contributed by atoms with E-state index in [2.05, 4.69) is 45.1 Å². The van der Waals surface area contributed by atoms with Crippen molar-refractivity contribution in [2.75, 3.05) is 0 Å². The summed E-state index contributed by atoms with van der Waals surface area (Å²) in [6, 6.07) is 8.37. The van der Waals surface area contributed by atoms with Crippen molar-refractivity contribution >= 4 is 15.9 Å². The van der Waals surface area contributed by atoms with Crippen molar-refractivity contribution in [3.8, 4) is 11.8 Å². The van der Waals surface area contributed by atoms with Crippen molar-refractivity contribution in [2.24, 2.45) is 0 Å².